The minimum absolute atomic E-state index is 0.00556. The van der Waals surface area contributed by atoms with E-state index in [-0.39, 0.29) is 64.0 Å². The van der Waals surface area contributed by atoms with E-state index in [1.165, 1.54) is 11.1 Å². The Kier molecular flexibility index (Phi) is 11.1. The number of carbonyl (C=O) groups is 2. The van der Waals surface area contributed by atoms with Crippen LogP contribution in [-0.2, 0) is 20.9 Å². The molecule has 60 heavy (non-hydrogen) atoms. The van der Waals surface area contributed by atoms with Crippen LogP contribution in [0.2, 0.25) is 0 Å². The minimum Gasteiger partial charge on any atom is -0.508 e. The van der Waals surface area contributed by atoms with Gasteiger partial charge in [-0.05, 0) is 153 Å². The number of phenols is 1. The van der Waals surface area contributed by atoms with E-state index in [2.05, 4.69) is 77.3 Å². The molecule has 6 aliphatic rings. The number of ether oxygens (including phenoxy) is 1. The molecule has 5 fully saturated rings. The summed E-state index contributed by atoms with van der Waals surface area (Å²) in [5.74, 6) is 0.980. The molecular weight excluding hydrogens is 751 g/mol. The zero-order valence-corrected chi connectivity index (χ0v) is 37.7. The highest BCUT2D eigenvalue weighted by Gasteiger charge is 2.71. The number of anilines is 1. The highest BCUT2D eigenvalue weighted by Crippen LogP contribution is 2.75. The first-order valence-corrected chi connectivity index (χ1v) is 23.1. The van der Waals surface area contributed by atoms with Crippen molar-refractivity contribution >= 4 is 17.3 Å². The summed E-state index contributed by atoms with van der Waals surface area (Å²) in [5, 5.41) is 40.4. The van der Waals surface area contributed by atoms with Crippen LogP contribution in [0.4, 0.5) is 5.69 Å². The fourth-order valence-corrected chi connectivity index (χ4v) is 15.3. The highest BCUT2D eigenvalue weighted by atomic mass is 16.6. The lowest BCUT2D eigenvalue weighted by atomic mass is 9.34. The molecule has 14 atom stereocenters. The van der Waals surface area contributed by atoms with Crippen LogP contribution in [0.1, 0.15) is 142 Å². The van der Waals surface area contributed by atoms with Crippen molar-refractivity contribution in [2.24, 2.45) is 45.3 Å². The molecule has 2 aromatic rings. The molecule has 8 rings (SSSR count). The van der Waals surface area contributed by atoms with Gasteiger partial charge in [0.15, 0.2) is 5.78 Å². The fourth-order valence-electron chi connectivity index (χ4n) is 15.3. The van der Waals surface area contributed by atoms with E-state index in [9.17, 15) is 24.9 Å². The average Bonchev–Trinajstić information content (AvgIpc) is 3.47. The van der Waals surface area contributed by atoms with Gasteiger partial charge < -0.3 is 36.4 Å². The first kappa shape index (κ1) is 43.6. The van der Waals surface area contributed by atoms with Crippen LogP contribution in [0.25, 0.3) is 0 Å². The molecular formula is C51H73N3O6. The van der Waals surface area contributed by atoms with Crippen LogP contribution in [0.15, 0.2) is 53.6 Å². The number of benzene rings is 2. The van der Waals surface area contributed by atoms with Gasteiger partial charge in [0.25, 0.3) is 0 Å². The van der Waals surface area contributed by atoms with Gasteiger partial charge in [-0.1, -0.05) is 71.7 Å². The molecule has 328 valence electrons. The summed E-state index contributed by atoms with van der Waals surface area (Å²) in [5.41, 5.74) is 10.2. The molecule has 1 aliphatic heterocycles. The van der Waals surface area contributed by atoms with Gasteiger partial charge in [0, 0.05) is 48.0 Å². The third-order valence-electron chi connectivity index (χ3n) is 17.8. The number of fused-ring (bicyclic) bond motifs is 5. The van der Waals surface area contributed by atoms with Crippen molar-refractivity contribution in [3.05, 3.63) is 70.3 Å². The zero-order valence-electron chi connectivity index (χ0n) is 37.7. The molecule has 5 aliphatic carbocycles. The summed E-state index contributed by atoms with van der Waals surface area (Å²) >= 11 is 0. The molecule has 9 nitrogen and oxygen atoms in total. The second kappa shape index (κ2) is 15.3. The third-order valence-corrected chi connectivity index (χ3v) is 17.8. The summed E-state index contributed by atoms with van der Waals surface area (Å²) in [6.07, 6.45) is 5.91. The molecule has 1 heterocycles. The second-order valence-corrected chi connectivity index (χ2v) is 21.9. The van der Waals surface area contributed by atoms with Crippen LogP contribution in [0.5, 0.6) is 5.75 Å². The first-order chi connectivity index (χ1) is 28.2. The number of nitrogens with one attached hydrogen (secondary N) is 2. The number of allylic oxidation sites excluding steroid dienone is 2. The topological polar surface area (TPSA) is 157 Å². The van der Waals surface area contributed by atoms with E-state index in [1.54, 1.807) is 19.1 Å². The number of hydrogen-bond acceptors (Lipinski definition) is 9. The van der Waals surface area contributed by atoms with Crippen LogP contribution >= 0.6 is 0 Å². The Morgan fingerprint density at radius 3 is 2.40 bits per heavy atom. The van der Waals surface area contributed by atoms with Crippen molar-refractivity contribution < 1.29 is 29.6 Å². The summed E-state index contributed by atoms with van der Waals surface area (Å²) in [4.78, 5) is 29.4. The fraction of sp³-hybridized carbons (Fsp3) is 0.686. The number of ketones is 2. The molecule has 0 bridgehead atoms. The summed E-state index contributed by atoms with van der Waals surface area (Å²) in [6, 6.07) is 13.8. The molecule has 0 unspecified atom stereocenters. The smallest absolute Gasteiger partial charge is 0.159 e. The van der Waals surface area contributed by atoms with Gasteiger partial charge in [-0.25, -0.2) is 0 Å². The standard InChI is InChI=1S/C51H73N3O6/c1-28(18-40(57)46-51(8,60-46)37-15-11-14-35(37)31-12-10-13-33(52)21-31)43-38-16-17-42-48(5)23-36(32-19-30(27-53-9)20-34(56)22-32)45(59)47(3,4)44(48)39(54-26-29(2)55)24-50(42,7)49(38,6)25-41(43)58/h10,12-13,19-22,28-29,35-37,39-40,42,44,46,53-57H,11,14-18,23-27,52H2,1-9H3/t28-,29+,35+,36+,37+,39+,40-,42+,44+,46+,48-,49+,50+,51-/m1/s1. The number of aromatic hydroxyl groups is 1. The lowest BCUT2D eigenvalue weighted by Crippen LogP contribution is -2.69. The summed E-state index contributed by atoms with van der Waals surface area (Å²) in [7, 11) is 1.88. The van der Waals surface area contributed by atoms with Gasteiger partial charge in [0.05, 0.1) is 17.8 Å². The number of nitrogens with two attached hydrogens (primary N) is 1. The molecule has 4 saturated carbocycles. The SMILES string of the molecule is CNCc1cc(O)cc([C@@H]2C[C@@]3(C)[C@@H]([C@@H](NC[C@H](C)O)C[C@@]4(C)[C@H]3CCC3=C([C@H](C)C[C@@H](O)[C@@H]5O[C@]5(C)[C@H]5CCC[C@H]5c5cccc(N)c5)C(=O)C[C@@]34C)C(C)(C)C2=O)c1. The van der Waals surface area contributed by atoms with Crippen LogP contribution in [0.3, 0.4) is 0 Å². The molecule has 0 spiro atoms. The third kappa shape index (κ3) is 6.83. The predicted octanol–water partition coefficient (Wildman–Crippen LogP) is 7.96. The monoisotopic (exact) mass is 824 g/mol. The predicted molar refractivity (Wildman–Crippen MR) is 236 cm³/mol. The van der Waals surface area contributed by atoms with E-state index in [0.29, 0.717) is 44.2 Å². The van der Waals surface area contributed by atoms with E-state index < -0.39 is 28.6 Å². The van der Waals surface area contributed by atoms with Gasteiger partial charge in [-0.3, -0.25) is 9.59 Å². The Bertz CT molecular complexity index is 2050. The van der Waals surface area contributed by atoms with Gasteiger partial charge in [-0.2, -0.15) is 0 Å². The van der Waals surface area contributed by atoms with E-state index in [0.717, 1.165) is 60.9 Å². The summed E-state index contributed by atoms with van der Waals surface area (Å²) in [6.45, 7) is 18.6. The van der Waals surface area contributed by atoms with Gasteiger partial charge in [-0.15, -0.1) is 0 Å². The maximum Gasteiger partial charge on any atom is 0.159 e. The molecule has 7 N–H and O–H groups in total. The first-order valence-electron chi connectivity index (χ1n) is 23.1. The molecule has 0 radical (unpaired) electrons. The van der Waals surface area contributed by atoms with Crippen molar-refractivity contribution in [1.82, 2.24) is 10.6 Å². The number of hydrogen-bond donors (Lipinski definition) is 6. The van der Waals surface area contributed by atoms with Crippen LogP contribution in [0, 0.1) is 45.3 Å². The number of rotatable bonds is 12. The lowest BCUT2D eigenvalue weighted by molar-refractivity contribution is -0.193. The Morgan fingerprint density at radius 2 is 1.70 bits per heavy atom. The van der Waals surface area contributed by atoms with Crippen LogP contribution in [-0.4, -0.2) is 70.4 Å². The van der Waals surface area contributed by atoms with Crippen molar-refractivity contribution in [1.29, 1.82) is 0 Å². The Hall–Kier alpha value is -3.08. The minimum atomic E-state index is -0.686. The average molecular weight is 824 g/mol. The molecule has 1 saturated heterocycles. The van der Waals surface area contributed by atoms with E-state index in [1.807, 2.05) is 19.2 Å². The zero-order chi connectivity index (χ0) is 43.3. The second-order valence-electron chi connectivity index (χ2n) is 21.9. The Labute approximate surface area is 358 Å². The number of carbonyl (C=O) groups excluding carboxylic acids is 2. The molecule has 0 aromatic heterocycles. The van der Waals surface area contributed by atoms with Crippen LogP contribution < -0.4 is 16.4 Å². The maximum absolute atomic E-state index is 14.8. The number of aliphatic hydroxyl groups excluding tert-OH is 2. The molecule has 9 heteroatoms. The Morgan fingerprint density at radius 1 is 0.950 bits per heavy atom. The van der Waals surface area contributed by atoms with Crippen molar-refractivity contribution in [3.63, 3.8) is 0 Å². The highest BCUT2D eigenvalue weighted by molar-refractivity contribution is 6.00. The van der Waals surface area contributed by atoms with Crippen molar-refractivity contribution in [2.75, 3.05) is 19.3 Å². The normalized spacial score (nSPS) is 39.8. The van der Waals surface area contributed by atoms with E-state index >= 15 is 0 Å². The number of Topliss-reactive ketones (excluding diaryl/α,β-unsaturated/α-hetero) is 2. The van der Waals surface area contributed by atoms with Crippen molar-refractivity contribution in [2.45, 2.75) is 162 Å². The molecule has 2 aromatic carbocycles. The van der Waals surface area contributed by atoms with Gasteiger partial charge in [0.1, 0.15) is 17.6 Å². The largest absolute Gasteiger partial charge is 0.508 e. The van der Waals surface area contributed by atoms with E-state index in [4.69, 9.17) is 10.5 Å². The lowest BCUT2D eigenvalue weighted by Gasteiger charge is -2.70. The number of epoxide rings is 1. The Balaban J connectivity index is 1.09. The molecule has 0 amide bonds. The van der Waals surface area contributed by atoms with Crippen molar-refractivity contribution in [3.8, 4) is 5.75 Å². The summed E-state index contributed by atoms with van der Waals surface area (Å²) < 4.78 is 6.49. The maximum atomic E-state index is 14.8. The van der Waals surface area contributed by atoms with Gasteiger partial charge >= 0.3 is 0 Å². The number of aliphatic hydroxyl groups is 2. The number of phenolic OH excluding ortho intramolecular Hbond substituents is 1. The quantitative estimate of drug-likeness (QED) is 0.0924. The number of nitrogen functional groups attached to an aromatic ring is 1. The van der Waals surface area contributed by atoms with Gasteiger partial charge in [0.2, 0.25) is 0 Å².